The molecule has 0 aromatic carbocycles. The van der Waals surface area contributed by atoms with Crippen LogP contribution in [-0.2, 0) is 24.3 Å². The summed E-state index contributed by atoms with van der Waals surface area (Å²) in [6.07, 6.45) is 4.25. The minimum atomic E-state index is -0.144. The summed E-state index contributed by atoms with van der Waals surface area (Å²) < 4.78 is 3.74. The molecule has 1 atom stereocenters. The van der Waals surface area contributed by atoms with Crippen molar-refractivity contribution in [3.05, 3.63) is 45.3 Å². The first-order chi connectivity index (χ1) is 12.9. The molecule has 3 aromatic rings. The van der Waals surface area contributed by atoms with Crippen LogP contribution in [0.2, 0.25) is 0 Å². The Morgan fingerprint density at radius 2 is 2.11 bits per heavy atom. The van der Waals surface area contributed by atoms with Crippen molar-refractivity contribution in [2.75, 3.05) is 13.1 Å². The highest BCUT2D eigenvalue weighted by Gasteiger charge is 2.25. The van der Waals surface area contributed by atoms with Crippen molar-refractivity contribution in [3.63, 3.8) is 0 Å². The minimum absolute atomic E-state index is 0.00994. The van der Waals surface area contributed by atoms with E-state index in [4.69, 9.17) is 4.98 Å². The standard InChI is InChI=1S/C19H23N5O2S/c1-12(11-23-7-5-20-14(23)3)18(25)22-6-4-16-21-17-15(10-13(2)27-17)19(26)24(16)9-8-22/h5,7,10,12H,4,6,8-9,11H2,1-3H3/t12-/m0/s1. The molecule has 4 heterocycles. The van der Waals surface area contributed by atoms with E-state index in [1.165, 1.54) is 0 Å². The third kappa shape index (κ3) is 3.29. The number of hydrogen-bond donors (Lipinski definition) is 0. The molecular weight excluding hydrogens is 362 g/mol. The van der Waals surface area contributed by atoms with E-state index in [1.807, 2.05) is 42.5 Å². The molecule has 1 aliphatic heterocycles. The molecule has 142 valence electrons. The number of carbonyl (C=O) groups excluding carboxylic acids is 1. The van der Waals surface area contributed by atoms with Crippen molar-refractivity contribution < 1.29 is 4.79 Å². The second-order valence-electron chi connectivity index (χ2n) is 7.16. The predicted octanol–water partition coefficient (Wildman–Crippen LogP) is 1.99. The van der Waals surface area contributed by atoms with E-state index in [1.54, 1.807) is 22.1 Å². The van der Waals surface area contributed by atoms with Crippen molar-refractivity contribution in [1.82, 2.24) is 24.0 Å². The topological polar surface area (TPSA) is 73.0 Å². The lowest BCUT2D eigenvalue weighted by Crippen LogP contribution is -2.39. The Balaban J connectivity index is 1.53. The Kier molecular flexibility index (Phi) is 4.59. The lowest BCUT2D eigenvalue weighted by Gasteiger charge is -2.24. The molecule has 1 aliphatic rings. The summed E-state index contributed by atoms with van der Waals surface area (Å²) in [7, 11) is 0. The number of amides is 1. The maximum atomic E-state index is 12.9. The molecule has 1 amide bonds. The minimum Gasteiger partial charge on any atom is -0.340 e. The summed E-state index contributed by atoms with van der Waals surface area (Å²) in [6.45, 7) is 8.11. The summed E-state index contributed by atoms with van der Waals surface area (Å²) in [5.41, 5.74) is 0.00994. The highest BCUT2D eigenvalue weighted by molar-refractivity contribution is 7.18. The summed E-state index contributed by atoms with van der Waals surface area (Å²) in [4.78, 5) is 38.4. The van der Waals surface area contributed by atoms with Crippen LogP contribution in [0.3, 0.4) is 0 Å². The van der Waals surface area contributed by atoms with E-state index in [0.717, 1.165) is 21.4 Å². The number of carbonyl (C=O) groups is 1. The van der Waals surface area contributed by atoms with E-state index in [0.29, 0.717) is 38.0 Å². The fraction of sp³-hybridized carbons (Fsp3) is 0.474. The highest BCUT2D eigenvalue weighted by atomic mass is 32.1. The Labute approximate surface area is 161 Å². The van der Waals surface area contributed by atoms with Gasteiger partial charge in [-0.15, -0.1) is 11.3 Å². The van der Waals surface area contributed by atoms with E-state index < -0.39 is 0 Å². The Hall–Kier alpha value is -2.48. The fourth-order valence-electron chi connectivity index (χ4n) is 3.67. The second kappa shape index (κ2) is 6.92. The maximum absolute atomic E-state index is 12.9. The second-order valence-corrected chi connectivity index (χ2v) is 8.40. The number of imidazole rings is 1. The Bertz CT molecular complexity index is 1060. The van der Waals surface area contributed by atoms with Gasteiger partial charge >= 0.3 is 0 Å². The number of rotatable bonds is 3. The number of nitrogens with zero attached hydrogens (tertiary/aromatic N) is 5. The summed E-state index contributed by atoms with van der Waals surface area (Å²) in [5.74, 6) is 1.66. The normalized spacial score (nSPS) is 15.6. The summed E-state index contributed by atoms with van der Waals surface area (Å²) in [5, 5.41) is 0.685. The average molecular weight is 385 g/mol. The van der Waals surface area contributed by atoms with Crippen molar-refractivity contribution in [3.8, 4) is 0 Å². The Morgan fingerprint density at radius 1 is 1.30 bits per heavy atom. The number of aromatic nitrogens is 4. The summed E-state index contributed by atoms with van der Waals surface area (Å²) >= 11 is 1.55. The van der Waals surface area contributed by atoms with Gasteiger partial charge in [0.05, 0.1) is 11.3 Å². The van der Waals surface area contributed by atoms with Gasteiger partial charge < -0.3 is 9.47 Å². The molecule has 0 unspecified atom stereocenters. The summed E-state index contributed by atoms with van der Waals surface area (Å²) in [6, 6.07) is 1.91. The van der Waals surface area contributed by atoms with Crippen LogP contribution in [0.25, 0.3) is 10.2 Å². The molecule has 27 heavy (non-hydrogen) atoms. The zero-order chi connectivity index (χ0) is 19.1. The van der Waals surface area contributed by atoms with Gasteiger partial charge in [-0.05, 0) is 19.9 Å². The van der Waals surface area contributed by atoms with E-state index in [-0.39, 0.29) is 17.4 Å². The van der Waals surface area contributed by atoms with Crippen LogP contribution in [0.4, 0.5) is 0 Å². The number of aryl methyl sites for hydroxylation is 2. The Morgan fingerprint density at radius 3 is 2.85 bits per heavy atom. The molecule has 0 fully saturated rings. The van der Waals surface area contributed by atoms with E-state index in [2.05, 4.69) is 4.98 Å². The highest BCUT2D eigenvalue weighted by Crippen LogP contribution is 2.21. The zero-order valence-corrected chi connectivity index (χ0v) is 16.6. The molecule has 0 saturated carbocycles. The van der Waals surface area contributed by atoms with Crippen LogP contribution in [0.5, 0.6) is 0 Å². The van der Waals surface area contributed by atoms with Crippen LogP contribution in [-0.4, -0.2) is 43.0 Å². The quantitative estimate of drug-likeness (QED) is 0.691. The van der Waals surface area contributed by atoms with E-state index >= 15 is 0 Å². The molecule has 7 nitrogen and oxygen atoms in total. The molecule has 3 aromatic heterocycles. The monoisotopic (exact) mass is 385 g/mol. The van der Waals surface area contributed by atoms with Crippen molar-refractivity contribution in [1.29, 1.82) is 0 Å². The SMILES string of the molecule is Cc1cc2c(=O)n3c(nc2s1)CCN(C(=O)[C@@H](C)Cn1ccnc1C)CC3. The average Bonchev–Trinajstić information content (AvgIpc) is 3.13. The molecule has 0 saturated heterocycles. The van der Waals surface area contributed by atoms with Gasteiger partial charge in [0.2, 0.25) is 5.91 Å². The lowest BCUT2D eigenvalue weighted by molar-refractivity contribution is -0.135. The molecular formula is C19H23N5O2S. The van der Waals surface area contributed by atoms with E-state index in [9.17, 15) is 9.59 Å². The molecule has 0 spiro atoms. The maximum Gasteiger partial charge on any atom is 0.262 e. The number of hydrogen-bond acceptors (Lipinski definition) is 5. The number of thiophene rings is 1. The van der Waals surface area contributed by atoms with Crippen molar-refractivity contribution in [2.45, 2.75) is 40.3 Å². The zero-order valence-electron chi connectivity index (χ0n) is 15.8. The first kappa shape index (κ1) is 17.9. The molecule has 0 aliphatic carbocycles. The van der Waals surface area contributed by atoms with Crippen LogP contribution in [0.15, 0.2) is 23.3 Å². The molecule has 0 bridgehead atoms. The molecule has 0 N–H and O–H groups in total. The van der Waals surface area contributed by atoms with Gasteiger partial charge in [-0.2, -0.15) is 0 Å². The molecule has 4 rings (SSSR count). The molecule has 0 radical (unpaired) electrons. The fourth-order valence-corrected chi connectivity index (χ4v) is 4.56. The van der Waals surface area contributed by atoms with Gasteiger partial charge in [0.15, 0.2) is 0 Å². The lowest BCUT2D eigenvalue weighted by atomic mass is 10.1. The van der Waals surface area contributed by atoms with Gasteiger partial charge in [-0.1, -0.05) is 6.92 Å². The largest absolute Gasteiger partial charge is 0.340 e. The van der Waals surface area contributed by atoms with Crippen LogP contribution in [0, 0.1) is 19.8 Å². The number of fused-ring (bicyclic) bond motifs is 2. The van der Waals surface area contributed by atoms with Crippen LogP contribution < -0.4 is 5.56 Å². The van der Waals surface area contributed by atoms with Gasteiger partial charge in [0.1, 0.15) is 16.5 Å². The van der Waals surface area contributed by atoms with Gasteiger partial charge in [-0.25, -0.2) is 9.97 Å². The van der Waals surface area contributed by atoms with Gasteiger partial charge in [0.25, 0.3) is 5.56 Å². The molecule has 8 heteroatoms. The first-order valence-electron chi connectivity index (χ1n) is 9.20. The van der Waals surface area contributed by atoms with Crippen molar-refractivity contribution >= 4 is 27.5 Å². The van der Waals surface area contributed by atoms with Crippen LogP contribution in [0.1, 0.15) is 23.4 Å². The third-order valence-corrected chi connectivity index (χ3v) is 6.12. The van der Waals surface area contributed by atoms with Gasteiger partial charge in [-0.3, -0.25) is 14.2 Å². The first-order valence-corrected chi connectivity index (χ1v) is 10.0. The predicted molar refractivity (Wildman–Crippen MR) is 105 cm³/mol. The third-order valence-electron chi connectivity index (χ3n) is 5.18. The van der Waals surface area contributed by atoms with Crippen LogP contribution >= 0.6 is 11.3 Å². The van der Waals surface area contributed by atoms with Gasteiger partial charge in [0, 0.05) is 49.9 Å². The van der Waals surface area contributed by atoms with Crippen molar-refractivity contribution in [2.24, 2.45) is 5.92 Å². The smallest absolute Gasteiger partial charge is 0.262 e.